The van der Waals surface area contributed by atoms with Crippen LogP contribution in [0.2, 0.25) is 0 Å². The standard InChI is InChI=1S/C19H20N4/c1-22(2)16-10-8-14(9-11-16)12-15(13-20)19-21-17-6-4-5-7-18(17)23(19)3/h4-11,15H,12H2,1-3H3. The van der Waals surface area contributed by atoms with E-state index in [1.807, 2.05) is 50.0 Å². The molecule has 0 N–H and O–H groups in total. The van der Waals surface area contributed by atoms with Gasteiger partial charge in [0.25, 0.3) is 0 Å². The fourth-order valence-corrected chi connectivity index (χ4v) is 2.84. The quantitative estimate of drug-likeness (QED) is 0.741. The summed E-state index contributed by atoms with van der Waals surface area (Å²) in [6.45, 7) is 0. The zero-order valence-electron chi connectivity index (χ0n) is 13.7. The number of hydrogen-bond donors (Lipinski definition) is 0. The van der Waals surface area contributed by atoms with E-state index in [0.29, 0.717) is 6.42 Å². The molecule has 4 heteroatoms. The molecule has 1 heterocycles. The molecule has 1 aromatic heterocycles. The fraction of sp³-hybridized carbons (Fsp3) is 0.263. The van der Waals surface area contributed by atoms with E-state index in [-0.39, 0.29) is 5.92 Å². The number of hydrogen-bond acceptors (Lipinski definition) is 3. The molecule has 1 unspecified atom stereocenters. The number of nitrogens with zero attached hydrogens (tertiary/aromatic N) is 4. The first kappa shape index (κ1) is 15.1. The van der Waals surface area contributed by atoms with Gasteiger partial charge in [0.05, 0.1) is 17.1 Å². The van der Waals surface area contributed by atoms with Crippen LogP contribution in [-0.4, -0.2) is 23.6 Å². The molecule has 3 rings (SSSR count). The molecule has 0 spiro atoms. The Labute approximate surface area is 136 Å². The smallest absolute Gasteiger partial charge is 0.127 e. The lowest BCUT2D eigenvalue weighted by atomic mass is 9.99. The number of aromatic nitrogens is 2. The van der Waals surface area contributed by atoms with E-state index < -0.39 is 0 Å². The van der Waals surface area contributed by atoms with Crippen LogP contribution in [0.15, 0.2) is 48.5 Å². The molecule has 0 amide bonds. The number of imidazole rings is 1. The molecule has 3 aromatic rings. The van der Waals surface area contributed by atoms with Crippen molar-refractivity contribution >= 4 is 16.7 Å². The monoisotopic (exact) mass is 304 g/mol. The zero-order valence-corrected chi connectivity index (χ0v) is 13.7. The number of rotatable bonds is 4. The van der Waals surface area contributed by atoms with Crippen molar-refractivity contribution in [2.24, 2.45) is 7.05 Å². The number of para-hydroxylation sites is 2. The Morgan fingerprint density at radius 3 is 2.43 bits per heavy atom. The van der Waals surface area contributed by atoms with Crippen molar-refractivity contribution in [3.63, 3.8) is 0 Å². The summed E-state index contributed by atoms with van der Waals surface area (Å²) in [6.07, 6.45) is 0.668. The Morgan fingerprint density at radius 1 is 1.13 bits per heavy atom. The third-order valence-electron chi connectivity index (χ3n) is 4.18. The first-order chi connectivity index (χ1) is 11.1. The van der Waals surface area contributed by atoms with Crippen molar-refractivity contribution in [2.75, 3.05) is 19.0 Å². The van der Waals surface area contributed by atoms with Crippen LogP contribution in [0.5, 0.6) is 0 Å². The summed E-state index contributed by atoms with van der Waals surface area (Å²) in [5, 5.41) is 9.62. The molecule has 4 nitrogen and oxygen atoms in total. The van der Waals surface area contributed by atoms with Crippen LogP contribution in [-0.2, 0) is 13.5 Å². The maximum Gasteiger partial charge on any atom is 0.127 e. The minimum Gasteiger partial charge on any atom is -0.378 e. The van der Waals surface area contributed by atoms with Crippen LogP contribution >= 0.6 is 0 Å². The molecule has 0 aliphatic rings. The van der Waals surface area contributed by atoms with Gasteiger partial charge in [-0.2, -0.15) is 5.26 Å². The van der Waals surface area contributed by atoms with Crippen molar-refractivity contribution in [3.8, 4) is 6.07 Å². The molecule has 0 saturated carbocycles. The predicted octanol–water partition coefficient (Wildman–Crippen LogP) is 3.49. The van der Waals surface area contributed by atoms with Crippen LogP contribution in [0.1, 0.15) is 17.3 Å². The number of benzene rings is 2. The highest BCUT2D eigenvalue weighted by Gasteiger charge is 2.18. The Hall–Kier alpha value is -2.80. The molecule has 0 saturated heterocycles. The van der Waals surface area contributed by atoms with Crippen molar-refractivity contribution in [3.05, 3.63) is 59.9 Å². The molecule has 0 aliphatic carbocycles. The number of nitriles is 1. The summed E-state index contributed by atoms with van der Waals surface area (Å²) in [5.74, 6) is 0.572. The van der Waals surface area contributed by atoms with E-state index in [1.165, 1.54) is 0 Å². The van der Waals surface area contributed by atoms with Crippen LogP contribution in [0.25, 0.3) is 11.0 Å². The molecule has 2 aromatic carbocycles. The van der Waals surface area contributed by atoms with Gasteiger partial charge in [-0.15, -0.1) is 0 Å². The third-order valence-corrected chi connectivity index (χ3v) is 4.18. The van der Waals surface area contributed by atoms with Gasteiger partial charge in [-0.25, -0.2) is 4.98 Å². The lowest BCUT2D eigenvalue weighted by molar-refractivity contribution is 0.725. The van der Waals surface area contributed by atoms with Crippen molar-refractivity contribution in [1.82, 2.24) is 9.55 Å². The van der Waals surface area contributed by atoms with Crippen molar-refractivity contribution in [1.29, 1.82) is 5.26 Å². The molecule has 0 aliphatic heterocycles. The first-order valence-corrected chi connectivity index (χ1v) is 7.67. The highest BCUT2D eigenvalue weighted by Crippen LogP contribution is 2.24. The number of fused-ring (bicyclic) bond motifs is 1. The molecule has 0 radical (unpaired) electrons. The Kier molecular flexibility index (Phi) is 4.03. The van der Waals surface area contributed by atoms with Crippen LogP contribution in [0.3, 0.4) is 0 Å². The second-order valence-corrected chi connectivity index (χ2v) is 5.96. The first-order valence-electron chi connectivity index (χ1n) is 7.67. The SMILES string of the molecule is CN(C)c1ccc(CC(C#N)c2nc3ccccc3n2C)cc1. The highest BCUT2D eigenvalue weighted by atomic mass is 15.1. The van der Waals surface area contributed by atoms with Gasteiger partial charge in [-0.1, -0.05) is 24.3 Å². The summed E-state index contributed by atoms with van der Waals surface area (Å²) in [5.41, 5.74) is 4.30. The maximum atomic E-state index is 9.62. The van der Waals surface area contributed by atoms with E-state index in [1.54, 1.807) is 0 Å². The van der Waals surface area contributed by atoms with E-state index in [0.717, 1.165) is 28.1 Å². The molecule has 1 atom stereocenters. The summed E-state index contributed by atoms with van der Waals surface area (Å²) in [7, 11) is 6.02. The van der Waals surface area contributed by atoms with E-state index >= 15 is 0 Å². The van der Waals surface area contributed by atoms with E-state index in [2.05, 4.69) is 40.2 Å². The lowest BCUT2D eigenvalue weighted by Crippen LogP contribution is -2.09. The highest BCUT2D eigenvalue weighted by molar-refractivity contribution is 5.76. The molecule has 0 bridgehead atoms. The lowest BCUT2D eigenvalue weighted by Gasteiger charge is -2.14. The molecule has 116 valence electrons. The average molecular weight is 304 g/mol. The van der Waals surface area contributed by atoms with Crippen molar-refractivity contribution < 1.29 is 0 Å². The van der Waals surface area contributed by atoms with Crippen molar-refractivity contribution in [2.45, 2.75) is 12.3 Å². The fourth-order valence-electron chi connectivity index (χ4n) is 2.84. The van der Waals surface area contributed by atoms with Gasteiger partial charge in [0.2, 0.25) is 0 Å². The van der Waals surface area contributed by atoms with Crippen LogP contribution < -0.4 is 4.90 Å². The van der Waals surface area contributed by atoms with Crippen LogP contribution in [0.4, 0.5) is 5.69 Å². The van der Waals surface area contributed by atoms with Gasteiger partial charge in [0.15, 0.2) is 0 Å². The predicted molar refractivity (Wildman–Crippen MR) is 93.5 cm³/mol. The third kappa shape index (κ3) is 2.91. The summed E-state index contributed by atoms with van der Waals surface area (Å²) >= 11 is 0. The van der Waals surface area contributed by atoms with Gasteiger partial charge in [0.1, 0.15) is 11.7 Å². The molecule has 0 fully saturated rings. The minimum atomic E-state index is -0.252. The minimum absolute atomic E-state index is 0.252. The zero-order chi connectivity index (χ0) is 16.4. The number of anilines is 1. The van der Waals surface area contributed by atoms with Crippen LogP contribution in [0, 0.1) is 11.3 Å². The van der Waals surface area contributed by atoms with Gasteiger partial charge in [-0.3, -0.25) is 0 Å². The Bertz CT molecular complexity index is 853. The van der Waals surface area contributed by atoms with Gasteiger partial charge >= 0.3 is 0 Å². The normalized spacial score (nSPS) is 12.1. The average Bonchev–Trinajstić information content (AvgIpc) is 2.90. The topological polar surface area (TPSA) is 44.9 Å². The second-order valence-electron chi connectivity index (χ2n) is 5.96. The Balaban J connectivity index is 1.90. The summed E-state index contributed by atoms with van der Waals surface area (Å²) in [6, 6.07) is 18.7. The number of aryl methyl sites for hydroxylation is 1. The maximum absolute atomic E-state index is 9.62. The summed E-state index contributed by atoms with van der Waals surface area (Å²) < 4.78 is 2.03. The van der Waals surface area contributed by atoms with E-state index in [4.69, 9.17) is 0 Å². The second kappa shape index (κ2) is 6.13. The van der Waals surface area contributed by atoms with Gasteiger partial charge in [0, 0.05) is 26.8 Å². The van der Waals surface area contributed by atoms with Gasteiger partial charge < -0.3 is 9.47 Å². The summed E-state index contributed by atoms with van der Waals surface area (Å²) in [4.78, 5) is 6.72. The molecular formula is C19H20N4. The Morgan fingerprint density at radius 2 is 1.83 bits per heavy atom. The van der Waals surface area contributed by atoms with Gasteiger partial charge in [-0.05, 0) is 36.2 Å². The van der Waals surface area contributed by atoms with E-state index in [9.17, 15) is 5.26 Å². The largest absolute Gasteiger partial charge is 0.378 e. The molecular weight excluding hydrogens is 284 g/mol. The molecule has 23 heavy (non-hydrogen) atoms.